The van der Waals surface area contributed by atoms with E-state index in [-0.39, 0.29) is 40.5 Å². The fourth-order valence-corrected chi connectivity index (χ4v) is 4.33. The van der Waals surface area contributed by atoms with E-state index in [2.05, 4.69) is 10.1 Å². The average Bonchev–Trinajstić information content (AvgIpc) is 3.11. The molecule has 2 aromatic rings. The molecule has 31 heavy (non-hydrogen) atoms. The highest BCUT2D eigenvalue weighted by molar-refractivity contribution is 6.25. The first-order valence-corrected chi connectivity index (χ1v) is 10.6. The van der Waals surface area contributed by atoms with E-state index < -0.39 is 0 Å². The number of rotatable bonds is 4. The Balaban J connectivity index is 1.66. The maximum atomic E-state index is 12.9. The number of phenolic OH excluding ortho intramolecular Hbond substituents is 1. The van der Waals surface area contributed by atoms with E-state index in [9.17, 15) is 19.8 Å². The van der Waals surface area contributed by atoms with Crippen molar-refractivity contribution in [2.45, 2.75) is 58.8 Å². The first-order valence-electron chi connectivity index (χ1n) is 10.6. The monoisotopic (exact) mass is 422 g/mol. The van der Waals surface area contributed by atoms with Crippen molar-refractivity contribution in [1.82, 2.24) is 5.16 Å². The summed E-state index contributed by atoms with van der Waals surface area (Å²) < 4.78 is 5.31. The number of aromatic hydroxyl groups is 1. The van der Waals surface area contributed by atoms with Gasteiger partial charge in [0.2, 0.25) is 0 Å². The summed E-state index contributed by atoms with van der Waals surface area (Å²) in [6.07, 6.45) is 3.14. The summed E-state index contributed by atoms with van der Waals surface area (Å²) >= 11 is 0. The predicted molar refractivity (Wildman–Crippen MR) is 115 cm³/mol. The number of carbonyl (C=O) groups is 2. The van der Waals surface area contributed by atoms with E-state index in [4.69, 9.17) is 4.52 Å². The Kier molecular flexibility index (Phi) is 5.52. The summed E-state index contributed by atoms with van der Waals surface area (Å²) in [5.41, 5.74) is 1.76. The third-order valence-corrected chi connectivity index (χ3v) is 5.80. The molecule has 1 aromatic carbocycles. The molecular weight excluding hydrogens is 396 g/mol. The molecule has 1 heterocycles. The van der Waals surface area contributed by atoms with Crippen molar-refractivity contribution in [3.8, 4) is 5.75 Å². The van der Waals surface area contributed by atoms with Crippen molar-refractivity contribution >= 4 is 23.0 Å². The van der Waals surface area contributed by atoms with Crippen LogP contribution in [0.15, 0.2) is 45.1 Å². The van der Waals surface area contributed by atoms with Gasteiger partial charge in [-0.2, -0.15) is 0 Å². The Bertz CT molecular complexity index is 1110. The number of hydrogen-bond donors (Lipinski definition) is 2. The van der Waals surface area contributed by atoms with Crippen LogP contribution >= 0.6 is 0 Å². The van der Waals surface area contributed by atoms with E-state index in [1.54, 1.807) is 18.2 Å². The Labute approximate surface area is 180 Å². The second kappa shape index (κ2) is 8.13. The van der Waals surface area contributed by atoms with Crippen molar-refractivity contribution in [3.63, 3.8) is 0 Å². The van der Waals surface area contributed by atoms with Crippen molar-refractivity contribution in [2.24, 2.45) is 10.4 Å². The number of aryl methyl sites for hydroxylation is 2. The number of para-hydroxylation sites is 2. The number of phenols is 1. The lowest BCUT2D eigenvalue weighted by atomic mass is 9.73. The summed E-state index contributed by atoms with van der Waals surface area (Å²) in [5, 5.41) is 25.0. The average molecular weight is 422 g/mol. The Morgan fingerprint density at radius 3 is 2.71 bits per heavy atom. The maximum absolute atomic E-state index is 12.9. The third-order valence-electron chi connectivity index (χ3n) is 5.80. The topological polar surface area (TPSA) is 113 Å². The number of benzene rings is 1. The molecule has 0 saturated heterocycles. The first-order chi connectivity index (χ1) is 14.7. The van der Waals surface area contributed by atoms with Crippen LogP contribution in [0.3, 0.4) is 0 Å². The van der Waals surface area contributed by atoms with Gasteiger partial charge in [0, 0.05) is 32.1 Å². The molecule has 2 N–H and O–H groups in total. The highest BCUT2D eigenvalue weighted by Crippen LogP contribution is 2.38. The molecule has 1 fully saturated rings. The molecule has 0 atom stereocenters. The number of hydrogen-bond acceptors (Lipinski definition) is 7. The van der Waals surface area contributed by atoms with Gasteiger partial charge in [0.25, 0.3) is 0 Å². The minimum Gasteiger partial charge on any atom is -0.511 e. The van der Waals surface area contributed by atoms with Gasteiger partial charge < -0.3 is 14.7 Å². The lowest BCUT2D eigenvalue weighted by Crippen LogP contribution is -2.32. The van der Waals surface area contributed by atoms with Crippen LogP contribution < -0.4 is 0 Å². The molecule has 0 bridgehead atoms. The number of ketones is 2. The second-order valence-corrected chi connectivity index (χ2v) is 9.01. The zero-order valence-corrected chi connectivity index (χ0v) is 17.8. The molecule has 162 valence electrons. The fourth-order valence-electron chi connectivity index (χ4n) is 4.33. The van der Waals surface area contributed by atoms with Gasteiger partial charge in [0.1, 0.15) is 23.0 Å². The molecule has 1 saturated carbocycles. The number of fused-ring (bicyclic) bond motifs is 1. The second-order valence-electron chi connectivity index (χ2n) is 9.01. The normalized spacial score (nSPS) is 21.3. The number of aliphatic imine (C=N–C) groups is 1. The van der Waals surface area contributed by atoms with E-state index in [0.29, 0.717) is 60.5 Å². The van der Waals surface area contributed by atoms with Gasteiger partial charge in [0.05, 0.1) is 22.5 Å². The SMILES string of the molecule is CC1(C)CC(=O)C(=C(O)CCc2noc3c2C(=O)CCC3)C(=Nc2ccccc2O)C1. The Morgan fingerprint density at radius 1 is 1.16 bits per heavy atom. The van der Waals surface area contributed by atoms with Crippen LogP contribution in [-0.2, 0) is 17.6 Å². The molecule has 0 aliphatic heterocycles. The van der Waals surface area contributed by atoms with Gasteiger partial charge in [-0.15, -0.1) is 0 Å². The fraction of sp³-hybridized carbons (Fsp3) is 0.417. The number of aliphatic hydroxyl groups excluding tert-OH is 1. The van der Waals surface area contributed by atoms with Crippen LogP contribution in [0.5, 0.6) is 5.75 Å². The molecule has 0 spiro atoms. The summed E-state index contributed by atoms with van der Waals surface area (Å²) in [6.45, 7) is 3.96. The molecule has 0 amide bonds. The zero-order valence-electron chi connectivity index (χ0n) is 17.8. The number of allylic oxidation sites excluding steroid dienone is 2. The van der Waals surface area contributed by atoms with Crippen LogP contribution in [0, 0.1) is 5.41 Å². The van der Waals surface area contributed by atoms with Crippen molar-refractivity contribution in [1.29, 1.82) is 0 Å². The van der Waals surface area contributed by atoms with E-state index in [1.807, 2.05) is 13.8 Å². The van der Waals surface area contributed by atoms with E-state index in [1.165, 1.54) is 6.07 Å². The maximum Gasteiger partial charge on any atom is 0.168 e. The predicted octanol–water partition coefficient (Wildman–Crippen LogP) is 4.81. The van der Waals surface area contributed by atoms with Crippen LogP contribution in [0.1, 0.15) is 67.8 Å². The van der Waals surface area contributed by atoms with Crippen LogP contribution in [0.2, 0.25) is 0 Å². The largest absolute Gasteiger partial charge is 0.511 e. The van der Waals surface area contributed by atoms with Gasteiger partial charge in [-0.05, 0) is 30.4 Å². The molecule has 2 aliphatic carbocycles. The van der Waals surface area contributed by atoms with E-state index >= 15 is 0 Å². The molecule has 0 radical (unpaired) electrons. The summed E-state index contributed by atoms with van der Waals surface area (Å²) in [5.74, 6) is 0.380. The van der Waals surface area contributed by atoms with Crippen molar-refractivity contribution < 1.29 is 24.3 Å². The molecule has 7 nitrogen and oxygen atoms in total. The summed E-state index contributed by atoms with van der Waals surface area (Å²) in [4.78, 5) is 29.7. The minimum absolute atomic E-state index is 0.0115. The smallest absolute Gasteiger partial charge is 0.168 e. The summed E-state index contributed by atoms with van der Waals surface area (Å²) in [7, 11) is 0. The number of nitrogens with zero attached hydrogens (tertiary/aromatic N) is 2. The molecule has 4 rings (SSSR count). The molecule has 2 aliphatic rings. The van der Waals surface area contributed by atoms with Crippen LogP contribution in [-0.4, -0.2) is 32.6 Å². The molecule has 0 unspecified atom stereocenters. The van der Waals surface area contributed by atoms with Gasteiger partial charge in [-0.3, -0.25) is 9.59 Å². The lowest BCUT2D eigenvalue weighted by molar-refractivity contribution is -0.117. The number of carbonyl (C=O) groups excluding carboxylic acids is 2. The molecule has 1 aromatic heterocycles. The quantitative estimate of drug-likeness (QED) is 0.540. The Hall–Kier alpha value is -3.22. The highest BCUT2D eigenvalue weighted by atomic mass is 16.5. The van der Waals surface area contributed by atoms with Gasteiger partial charge in [0.15, 0.2) is 11.6 Å². The zero-order chi connectivity index (χ0) is 22.2. The van der Waals surface area contributed by atoms with Gasteiger partial charge in [-0.25, -0.2) is 4.99 Å². The minimum atomic E-state index is -0.304. The summed E-state index contributed by atoms with van der Waals surface area (Å²) in [6, 6.07) is 6.64. The number of aromatic nitrogens is 1. The van der Waals surface area contributed by atoms with Crippen molar-refractivity contribution in [3.05, 3.63) is 52.6 Å². The third kappa shape index (κ3) is 4.31. The van der Waals surface area contributed by atoms with E-state index in [0.717, 1.165) is 6.42 Å². The van der Waals surface area contributed by atoms with Crippen LogP contribution in [0.25, 0.3) is 0 Å². The van der Waals surface area contributed by atoms with Gasteiger partial charge in [-0.1, -0.05) is 31.1 Å². The van der Waals surface area contributed by atoms with Crippen molar-refractivity contribution in [2.75, 3.05) is 0 Å². The number of Topliss-reactive ketones (excluding diaryl/α,β-unsaturated/α-hetero) is 2. The first kappa shape index (κ1) is 21.0. The standard InChI is InChI=1S/C24H26N2O5/c1-24(2)12-16(25-14-6-3-4-7-17(14)27)22(20(30)13-24)19(29)11-10-15-23-18(28)8-5-9-21(23)31-26-15/h3-4,6-7,27,29H,5,8-13H2,1-2H3. The highest BCUT2D eigenvalue weighted by Gasteiger charge is 2.36. The number of aliphatic hydroxyl groups is 1. The van der Waals surface area contributed by atoms with Crippen LogP contribution in [0.4, 0.5) is 5.69 Å². The molecule has 7 heteroatoms. The lowest BCUT2D eigenvalue weighted by Gasteiger charge is -2.31. The van der Waals surface area contributed by atoms with Gasteiger partial charge >= 0.3 is 0 Å². The molecular formula is C24H26N2O5. The Morgan fingerprint density at radius 2 is 1.94 bits per heavy atom.